The van der Waals surface area contributed by atoms with Crippen molar-refractivity contribution >= 4 is 12.0 Å². The number of aliphatic carboxylic acids is 1. The average Bonchev–Trinajstić information content (AvgIpc) is 2.66. The molecule has 0 saturated heterocycles. The van der Waals surface area contributed by atoms with Gasteiger partial charge in [0.25, 0.3) is 0 Å². The minimum Gasteiger partial charge on any atom is -0.480 e. The Morgan fingerprint density at radius 2 is 2.10 bits per heavy atom. The van der Waals surface area contributed by atoms with Crippen LogP contribution in [0.1, 0.15) is 31.5 Å². The van der Waals surface area contributed by atoms with Crippen LogP contribution in [0.3, 0.4) is 0 Å². The number of carboxylic acids is 1. The first-order chi connectivity index (χ1) is 9.31. The van der Waals surface area contributed by atoms with Gasteiger partial charge in [-0.05, 0) is 19.3 Å². The van der Waals surface area contributed by atoms with E-state index in [0.717, 1.165) is 11.3 Å². The zero-order valence-electron chi connectivity index (χ0n) is 12.3. The van der Waals surface area contributed by atoms with Crippen LogP contribution < -0.4 is 10.6 Å². The van der Waals surface area contributed by atoms with Crippen molar-refractivity contribution in [3.8, 4) is 0 Å². The van der Waals surface area contributed by atoms with Gasteiger partial charge in [-0.1, -0.05) is 13.8 Å². The summed E-state index contributed by atoms with van der Waals surface area (Å²) in [6, 6.07) is -1.36. The Morgan fingerprint density at radius 3 is 2.55 bits per heavy atom. The van der Waals surface area contributed by atoms with Crippen molar-refractivity contribution in [1.82, 2.24) is 20.4 Å². The molecule has 7 nitrogen and oxygen atoms in total. The number of amides is 2. The maximum Gasteiger partial charge on any atom is 0.326 e. The molecule has 1 rings (SSSR count). The summed E-state index contributed by atoms with van der Waals surface area (Å²) in [5.74, 6) is -0.830. The third-order valence-corrected chi connectivity index (χ3v) is 3.09. The molecule has 0 aliphatic rings. The molecule has 20 heavy (non-hydrogen) atoms. The van der Waals surface area contributed by atoms with Gasteiger partial charge in [0.2, 0.25) is 0 Å². The Balaban J connectivity index is 2.50. The second-order valence-electron chi connectivity index (χ2n) is 5.23. The van der Waals surface area contributed by atoms with Crippen LogP contribution >= 0.6 is 0 Å². The van der Waals surface area contributed by atoms with Crippen LogP contribution in [-0.2, 0) is 18.4 Å². The monoisotopic (exact) mass is 282 g/mol. The fourth-order valence-corrected chi connectivity index (χ4v) is 1.80. The first kappa shape index (κ1) is 16.0. The highest BCUT2D eigenvalue weighted by atomic mass is 16.4. The molecule has 0 bridgehead atoms. The van der Waals surface area contributed by atoms with Crippen LogP contribution in [0.15, 0.2) is 6.20 Å². The second-order valence-corrected chi connectivity index (χ2v) is 5.23. The van der Waals surface area contributed by atoms with Gasteiger partial charge in [-0.25, -0.2) is 9.59 Å². The highest BCUT2D eigenvalue weighted by Crippen LogP contribution is 2.06. The highest BCUT2D eigenvalue weighted by Gasteiger charge is 2.20. The standard InChI is InChI=1S/C13H22N4O3/c1-8(2)5-11(12(18)19)16-13(20)14-6-10-7-15-17(4)9(10)3/h7-8,11H,5-6H2,1-4H3,(H,18,19)(H2,14,16,20)/t11-/m0/s1. The molecule has 1 aromatic heterocycles. The Kier molecular flexibility index (Phi) is 5.54. The Morgan fingerprint density at radius 1 is 1.45 bits per heavy atom. The van der Waals surface area contributed by atoms with E-state index < -0.39 is 18.0 Å². The summed E-state index contributed by atoms with van der Waals surface area (Å²) >= 11 is 0. The first-order valence-electron chi connectivity index (χ1n) is 6.56. The van der Waals surface area contributed by atoms with Gasteiger partial charge in [-0.3, -0.25) is 4.68 Å². The molecule has 0 radical (unpaired) electrons. The molecule has 1 atom stereocenters. The molecule has 0 aliphatic heterocycles. The number of urea groups is 1. The normalized spacial score (nSPS) is 12.2. The zero-order valence-corrected chi connectivity index (χ0v) is 12.3. The number of hydrogen-bond donors (Lipinski definition) is 3. The largest absolute Gasteiger partial charge is 0.480 e. The second kappa shape index (κ2) is 6.93. The van der Waals surface area contributed by atoms with E-state index in [2.05, 4.69) is 15.7 Å². The van der Waals surface area contributed by atoms with E-state index in [4.69, 9.17) is 5.11 Å². The summed E-state index contributed by atoms with van der Waals surface area (Å²) in [6.07, 6.45) is 2.08. The fourth-order valence-electron chi connectivity index (χ4n) is 1.80. The molecule has 1 aromatic rings. The first-order valence-corrected chi connectivity index (χ1v) is 6.56. The van der Waals surface area contributed by atoms with E-state index in [1.807, 2.05) is 27.8 Å². The predicted molar refractivity (Wildman–Crippen MR) is 74.2 cm³/mol. The number of aryl methyl sites for hydroxylation is 1. The summed E-state index contributed by atoms with van der Waals surface area (Å²) < 4.78 is 1.72. The van der Waals surface area contributed by atoms with Crippen molar-refractivity contribution in [2.24, 2.45) is 13.0 Å². The molecule has 0 saturated carbocycles. The fraction of sp³-hybridized carbons (Fsp3) is 0.615. The summed E-state index contributed by atoms with van der Waals surface area (Å²) in [7, 11) is 1.82. The lowest BCUT2D eigenvalue weighted by atomic mass is 10.0. The summed E-state index contributed by atoms with van der Waals surface area (Å²) in [5, 5.41) is 18.2. The molecular formula is C13H22N4O3. The van der Waals surface area contributed by atoms with Crippen LogP contribution in [-0.4, -0.2) is 32.9 Å². The lowest BCUT2D eigenvalue weighted by Crippen LogP contribution is -2.46. The smallest absolute Gasteiger partial charge is 0.326 e. The highest BCUT2D eigenvalue weighted by molar-refractivity contribution is 5.82. The van der Waals surface area contributed by atoms with Crippen molar-refractivity contribution in [3.05, 3.63) is 17.5 Å². The Labute approximate surface area is 118 Å². The van der Waals surface area contributed by atoms with Gasteiger partial charge in [-0.15, -0.1) is 0 Å². The number of carboxylic acid groups (broad SMARTS) is 1. The van der Waals surface area contributed by atoms with Gasteiger partial charge in [0.1, 0.15) is 6.04 Å². The topological polar surface area (TPSA) is 96.2 Å². The number of hydrogen-bond acceptors (Lipinski definition) is 3. The number of carbonyl (C=O) groups is 2. The third-order valence-electron chi connectivity index (χ3n) is 3.09. The van der Waals surface area contributed by atoms with Gasteiger partial charge in [0.15, 0.2) is 0 Å². The van der Waals surface area contributed by atoms with E-state index in [-0.39, 0.29) is 5.92 Å². The average molecular weight is 282 g/mol. The lowest BCUT2D eigenvalue weighted by molar-refractivity contribution is -0.139. The summed E-state index contributed by atoms with van der Waals surface area (Å²) in [5.41, 5.74) is 1.86. The molecule has 0 spiro atoms. The van der Waals surface area contributed by atoms with E-state index in [1.165, 1.54) is 0 Å². The van der Waals surface area contributed by atoms with Gasteiger partial charge >= 0.3 is 12.0 Å². The van der Waals surface area contributed by atoms with E-state index in [9.17, 15) is 9.59 Å². The van der Waals surface area contributed by atoms with Gasteiger partial charge in [-0.2, -0.15) is 5.10 Å². The van der Waals surface area contributed by atoms with E-state index >= 15 is 0 Å². The van der Waals surface area contributed by atoms with Crippen LogP contribution in [0.5, 0.6) is 0 Å². The van der Waals surface area contributed by atoms with E-state index in [1.54, 1.807) is 10.9 Å². The summed E-state index contributed by atoms with van der Waals surface area (Å²) in [4.78, 5) is 22.8. The third kappa shape index (κ3) is 4.56. The molecule has 0 unspecified atom stereocenters. The molecule has 1 heterocycles. The molecule has 0 fully saturated rings. The number of nitrogens with zero attached hydrogens (tertiary/aromatic N) is 2. The molecule has 3 N–H and O–H groups in total. The van der Waals surface area contributed by atoms with Crippen LogP contribution in [0.25, 0.3) is 0 Å². The zero-order chi connectivity index (χ0) is 15.3. The summed E-state index contributed by atoms with van der Waals surface area (Å²) in [6.45, 7) is 6.04. The maximum absolute atomic E-state index is 11.7. The maximum atomic E-state index is 11.7. The molecular weight excluding hydrogens is 260 g/mol. The minimum absolute atomic E-state index is 0.192. The van der Waals surface area contributed by atoms with Crippen molar-refractivity contribution in [3.63, 3.8) is 0 Å². The number of nitrogens with one attached hydrogen (secondary N) is 2. The minimum atomic E-state index is -1.02. The Bertz CT molecular complexity index is 482. The number of carbonyl (C=O) groups excluding carboxylic acids is 1. The molecule has 112 valence electrons. The SMILES string of the molecule is Cc1c(CNC(=O)N[C@@H](CC(C)C)C(=O)O)cnn1C. The molecule has 0 aliphatic carbocycles. The quantitative estimate of drug-likeness (QED) is 0.726. The van der Waals surface area contributed by atoms with Gasteiger partial charge in [0, 0.05) is 24.8 Å². The van der Waals surface area contributed by atoms with Crippen LogP contribution in [0.2, 0.25) is 0 Å². The predicted octanol–water partition coefficient (Wildman–Crippen LogP) is 1.03. The van der Waals surface area contributed by atoms with Crippen LogP contribution in [0.4, 0.5) is 4.79 Å². The Hall–Kier alpha value is -2.05. The number of aromatic nitrogens is 2. The van der Waals surface area contributed by atoms with Crippen molar-refractivity contribution in [1.29, 1.82) is 0 Å². The van der Waals surface area contributed by atoms with Gasteiger partial charge < -0.3 is 15.7 Å². The van der Waals surface area contributed by atoms with Crippen LogP contribution in [0, 0.1) is 12.8 Å². The van der Waals surface area contributed by atoms with Crippen molar-refractivity contribution in [2.75, 3.05) is 0 Å². The van der Waals surface area contributed by atoms with Crippen molar-refractivity contribution < 1.29 is 14.7 Å². The number of rotatable bonds is 6. The van der Waals surface area contributed by atoms with Gasteiger partial charge in [0.05, 0.1) is 6.20 Å². The molecule has 7 heteroatoms. The lowest BCUT2D eigenvalue weighted by Gasteiger charge is -2.16. The van der Waals surface area contributed by atoms with Crippen molar-refractivity contribution in [2.45, 2.75) is 39.8 Å². The molecule has 2 amide bonds. The molecule has 0 aromatic carbocycles. The van der Waals surface area contributed by atoms with E-state index in [0.29, 0.717) is 13.0 Å².